The lowest BCUT2D eigenvalue weighted by molar-refractivity contribution is -0.149. The summed E-state index contributed by atoms with van der Waals surface area (Å²) in [6.07, 6.45) is 5.69. The van der Waals surface area contributed by atoms with Crippen molar-refractivity contribution in [3.63, 3.8) is 0 Å². The fourth-order valence-electron chi connectivity index (χ4n) is 9.19. The predicted molar refractivity (Wildman–Crippen MR) is 239 cm³/mol. The van der Waals surface area contributed by atoms with E-state index in [0.717, 1.165) is 19.3 Å². The van der Waals surface area contributed by atoms with E-state index in [2.05, 4.69) is 0 Å². The Morgan fingerprint density at radius 1 is 0.485 bits per heavy atom. The van der Waals surface area contributed by atoms with Crippen LogP contribution in [0.5, 0.6) is 0 Å². The van der Waals surface area contributed by atoms with Crippen molar-refractivity contribution < 1.29 is 62.4 Å². The standard InChI is InChI=1S/C49H64N4O13/c1-4-7-22-63-46(58)38-14-10-18-50(38)42(54)34-26-32(27-35(30-34)43(55)51-19-11-15-39(51)47(59)64-23-8-5-2)25-33-28-36(44(56)52-20-12-16-40(52)48(60)65-24-9-6-3)31-37(29-33)45(57)53-21-13-17-41(53)66-49(61)62/h26-31,38-41H,4-25H2,1-3H3,(H,61,62). The van der Waals surface area contributed by atoms with Crippen LogP contribution in [0.1, 0.15) is 163 Å². The van der Waals surface area contributed by atoms with Crippen molar-refractivity contribution in [3.05, 3.63) is 69.8 Å². The molecular formula is C49H64N4O13. The van der Waals surface area contributed by atoms with Gasteiger partial charge in [0.05, 0.1) is 19.8 Å². The number of likely N-dealkylation sites (tertiary alicyclic amines) is 4. The van der Waals surface area contributed by atoms with Gasteiger partial charge in [-0.05, 0) is 118 Å². The minimum absolute atomic E-state index is 0.00528. The van der Waals surface area contributed by atoms with E-state index in [9.17, 15) is 43.5 Å². The van der Waals surface area contributed by atoms with Gasteiger partial charge in [0.1, 0.15) is 18.1 Å². The summed E-state index contributed by atoms with van der Waals surface area (Å²) in [6.45, 7) is 7.71. The molecule has 358 valence electrons. The summed E-state index contributed by atoms with van der Waals surface area (Å²) in [6, 6.07) is 6.88. The van der Waals surface area contributed by atoms with Crippen LogP contribution < -0.4 is 0 Å². The molecule has 0 bridgehead atoms. The minimum Gasteiger partial charge on any atom is -0.464 e. The normalized spacial score (nSPS) is 20.3. The molecule has 4 heterocycles. The lowest BCUT2D eigenvalue weighted by atomic mass is 9.95. The van der Waals surface area contributed by atoms with E-state index in [0.29, 0.717) is 94.8 Å². The minimum atomic E-state index is -1.53. The van der Waals surface area contributed by atoms with Crippen LogP contribution in [0.4, 0.5) is 4.79 Å². The number of unbranched alkanes of at least 4 members (excludes halogenated alkanes) is 3. The van der Waals surface area contributed by atoms with Crippen LogP contribution in [0.3, 0.4) is 0 Å². The maximum atomic E-state index is 14.5. The second-order valence-corrected chi connectivity index (χ2v) is 17.5. The fourth-order valence-corrected chi connectivity index (χ4v) is 9.19. The van der Waals surface area contributed by atoms with Crippen molar-refractivity contribution in [2.75, 3.05) is 46.0 Å². The Hall–Kier alpha value is -6.00. The Balaban J connectivity index is 1.39. The maximum Gasteiger partial charge on any atom is 0.507 e. The van der Waals surface area contributed by atoms with Crippen LogP contribution in [-0.4, -0.2) is 143 Å². The summed E-state index contributed by atoms with van der Waals surface area (Å²) in [5.41, 5.74) is 1.33. The van der Waals surface area contributed by atoms with Crippen molar-refractivity contribution in [1.29, 1.82) is 0 Å². The van der Waals surface area contributed by atoms with Gasteiger partial charge in [-0.15, -0.1) is 0 Å². The van der Waals surface area contributed by atoms with Crippen molar-refractivity contribution in [2.24, 2.45) is 0 Å². The van der Waals surface area contributed by atoms with Gasteiger partial charge in [-0.25, -0.2) is 19.2 Å². The number of benzene rings is 2. The lowest BCUT2D eigenvalue weighted by Crippen LogP contribution is -2.42. The summed E-state index contributed by atoms with van der Waals surface area (Å²) in [5.74, 6) is -3.53. The predicted octanol–water partition coefficient (Wildman–Crippen LogP) is 6.38. The first-order valence-corrected chi connectivity index (χ1v) is 23.8. The van der Waals surface area contributed by atoms with Gasteiger partial charge in [0.25, 0.3) is 23.6 Å². The molecule has 2 aromatic rings. The van der Waals surface area contributed by atoms with E-state index >= 15 is 0 Å². The highest BCUT2D eigenvalue weighted by molar-refractivity contribution is 6.03. The van der Waals surface area contributed by atoms with E-state index in [1.165, 1.54) is 31.7 Å². The van der Waals surface area contributed by atoms with Gasteiger partial charge in [-0.1, -0.05) is 40.0 Å². The molecule has 17 nitrogen and oxygen atoms in total. The van der Waals surface area contributed by atoms with Gasteiger partial charge in [-0.2, -0.15) is 0 Å². The van der Waals surface area contributed by atoms with E-state index in [1.54, 1.807) is 24.3 Å². The largest absolute Gasteiger partial charge is 0.507 e. The topological polar surface area (TPSA) is 207 Å². The van der Waals surface area contributed by atoms with Gasteiger partial charge in [-0.3, -0.25) is 19.2 Å². The molecule has 4 saturated heterocycles. The highest BCUT2D eigenvalue weighted by Gasteiger charge is 2.40. The molecule has 0 saturated carbocycles. The van der Waals surface area contributed by atoms with Crippen LogP contribution in [0.2, 0.25) is 0 Å². The zero-order chi connectivity index (χ0) is 47.3. The molecule has 4 amide bonds. The molecule has 0 spiro atoms. The maximum absolute atomic E-state index is 14.5. The van der Waals surface area contributed by atoms with Crippen LogP contribution in [0, 0.1) is 0 Å². The summed E-state index contributed by atoms with van der Waals surface area (Å²) in [5, 5.41) is 9.41. The molecule has 4 aliphatic heterocycles. The second-order valence-electron chi connectivity index (χ2n) is 17.5. The first-order chi connectivity index (χ1) is 31.8. The van der Waals surface area contributed by atoms with E-state index in [4.69, 9.17) is 18.9 Å². The third-order valence-corrected chi connectivity index (χ3v) is 12.7. The molecule has 4 unspecified atom stereocenters. The summed E-state index contributed by atoms with van der Waals surface area (Å²) >= 11 is 0. The number of ether oxygens (including phenoxy) is 4. The lowest BCUT2D eigenvalue weighted by Gasteiger charge is -2.26. The van der Waals surface area contributed by atoms with Gasteiger partial charge >= 0.3 is 24.1 Å². The SMILES string of the molecule is CCCCOC(=O)C1CCCN1C(=O)c1cc(Cc2cc(C(=O)N3CCCC3C(=O)OCCCC)cc(C(=O)N3CCCC3C(=O)OCCCC)c2)cc(C(=O)N2CCCC2OC(=O)O)c1. The van der Waals surface area contributed by atoms with E-state index < -0.39 is 72.0 Å². The molecular weight excluding hydrogens is 853 g/mol. The molecule has 4 fully saturated rings. The van der Waals surface area contributed by atoms with Crippen LogP contribution in [0.15, 0.2) is 36.4 Å². The van der Waals surface area contributed by atoms with Gasteiger partial charge in [0, 0.05) is 54.9 Å². The average molecular weight is 917 g/mol. The van der Waals surface area contributed by atoms with Crippen molar-refractivity contribution in [3.8, 4) is 0 Å². The van der Waals surface area contributed by atoms with Gasteiger partial charge < -0.3 is 43.7 Å². The Morgan fingerprint density at radius 2 is 0.803 bits per heavy atom. The van der Waals surface area contributed by atoms with Gasteiger partial charge in [0.15, 0.2) is 6.23 Å². The number of hydrogen-bond acceptors (Lipinski definition) is 12. The van der Waals surface area contributed by atoms with E-state index in [-0.39, 0.29) is 61.6 Å². The Kier molecular flexibility index (Phi) is 17.6. The monoisotopic (exact) mass is 916 g/mol. The Labute approximate surface area is 386 Å². The number of carboxylic acid groups (broad SMARTS) is 1. The van der Waals surface area contributed by atoms with Crippen molar-refractivity contribution >= 4 is 47.7 Å². The highest BCUT2D eigenvalue weighted by atomic mass is 16.7. The van der Waals surface area contributed by atoms with Crippen molar-refractivity contribution in [2.45, 2.75) is 141 Å². The number of amides is 4. The molecule has 2 aromatic carbocycles. The molecule has 0 aliphatic carbocycles. The average Bonchev–Trinajstić information content (AvgIpc) is 4.16. The molecule has 4 aliphatic rings. The molecule has 1 N–H and O–H groups in total. The first kappa shape index (κ1) is 49.4. The van der Waals surface area contributed by atoms with Crippen LogP contribution >= 0.6 is 0 Å². The first-order valence-electron chi connectivity index (χ1n) is 23.8. The molecule has 0 radical (unpaired) electrons. The van der Waals surface area contributed by atoms with Crippen LogP contribution in [0.25, 0.3) is 0 Å². The number of nitrogens with zero attached hydrogens (tertiary/aromatic N) is 4. The van der Waals surface area contributed by atoms with Crippen molar-refractivity contribution in [1.82, 2.24) is 19.6 Å². The summed E-state index contributed by atoms with van der Waals surface area (Å²) < 4.78 is 21.6. The molecule has 6 rings (SSSR count). The highest BCUT2D eigenvalue weighted by Crippen LogP contribution is 2.30. The Morgan fingerprint density at radius 3 is 1.14 bits per heavy atom. The zero-order valence-electron chi connectivity index (χ0n) is 38.5. The number of hydrogen-bond donors (Lipinski definition) is 1. The Bertz CT molecular complexity index is 2060. The summed E-state index contributed by atoms with van der Waals surface area (Å²) in [7, 11) is 0. The van der Waals surface area contributed by atoms with Gasteiger partial charge in [0.2, 0.25) is 0 Å². The zero-order valence-corrected chi connectivity index (χ0v) is 38.5. The second kappa shape index (κ2) is 23.4. The number of rotatable bonds is 19. The third-order valence-electron chi connectivity index (χ3n) is 12.7. The molecule has 66 heavy (non-hydrogen) atoms. The molecule has 17 heteroatoms. The number of carbonyl (C=O) groups is 8. The van der Waals surface area contributed by atoms with Crippen LogP contribution in [-0.2, 0) is 39.8 Å². The number of carbonyl (C=O) groups excluding carboxylic acids is 7. The third kappa shape index (κ3) is 12.1. The number of esters is 3. The molecule has 4 atom stereocenters. The summed E-state index contributed by atoms with van der Waals surface area (Å²) in [4.78, 5) is 115. The smallest absolute Gasteiger partial charge is 0.464 e. The molecule has 0 aromatic heterocycles. The van der Waals surface area contributed by atoms with E-state index in [1.807, 2.05) is 20.8 Å². The quantitative estimate of drug-likeness (QED) is 0.0924. The fraction of sp³-hybridized carbons (Fsp3) is 0.592.